The van der Waals surface area contributed by atoms with Crippen molar-refractivity contribution >= 4 is 131 Å². The molecule has 0 atom stereocenters. The van der Waals surface area contributed by atoms with Gasteiger partial charge in [0.15, 0.2) is 0 Å². The van der Waals surface area contributed by atoms with Crippen LogP contribution in [0.25, 0.3) is 0 Å². The van der Waals surface area contributed by atoms with Crippen LogP contribution in [0.15, 0.2) is 0 Å². The summed E-state index contributed by atoms with van der Waals surface area (Å²) in [5.41, 5.74) is 0. The molecule has 15 radical (unpaired) electrons. The van der Waals surface area contributed by atoms with Gasteiger partial charge in [-0.15, -0.1) is 0 Å². The van der Waals surface area contributed by atoms with Crippen molar-refractivity contribution in [2.24, 2.45) is 0 Å². The molecule has 0 spiro atoms. The zero-order valence-electron chi connectivity index (χ0n) is 13.4. The van der Waals surface area contributed by atoms with Gasteiger partial charge in [-0.2, -0.15) is 0 Å². The topological polar surface area (TPSA) is 565 Å². The fourth-order valence-corrected chi connectivity index (χ4v) is 0. The van der Waals surface area contributed by atoms with E-state index in [1.54, 1.807) is 0 Å². The Labute approximate surface area is 264 Å². The fraction of sp³-hybridized carbons (Fsp3) is 0. The second-order valence-electron chi connectivity index (χ2n) is 0.894. The van der Waals surface area contributed by atoms with E-state index in [-0.39, 0.29) is 186 Å². The van der Waals surface area contributed by atoms with E-state index < -0.39 is 20.3 Å². The minimum Gasteiger partial charge on any atom is -0.870 e. The third kappa shape index (κ3) is 38500. The van der Waals surface area contributed by atoms with Gasteiger partial charge in [-0.1, -0.05) is 0 Å². The van der Waals surface area contributed by atoms with Crippen molar-refractivity contribution in [3.8, 4) is 0 Å². The van der Waals surface area contributed by atoms with Crippen LogP contribution in [0.2, 0.25) is 0 Å². The van der Waals surface area contributed by atoms with E-state index in [9.17, 15) is 0 Å². The van der Waals surface area contributed by atoms with Crippen molar-refractivity contribution < 1.29 is 75.1 Å². The Morgan fingerprint density at radius 2 is 0.290 bits per heavy atom. The van der Waals surface area contributed by atoms with E-state index in [0.717, 1.165) is 0 Å². The maximum Gasteiger partial charge on any atom is 2.00 e. The van der Waals surface area contributed by atoms with Crippen LogP contribution in [0.4, 0.5) is 0 Å². The zero-order valence-corrected chi connectivity index (χ0v) is 30.8. The molecule has 0 aliphatic rings. The maximum atomic E-state index is 8.25. The number of nitrogens with zero attached hydrogens (tertiary/aromatic N) is 4. The Hall–Kier alpha value is 0.816. The SMILES string of the molecule is O=[N+]([O-])[O-].O=[N+]([O-])[O-].O=[N+]([O-])[O-].O=[N+]([O-])[O-].[Bi+2].[Bi].[Bi].[Bi].[Bi].[OH-].[OH-].[OH-].[OH-].[OH-].[OH-].[OH-].[OH-].[OH-].[OH-]. The van der Waals surface area contributed by atoms with Gasteiger partial charge in [0.1, 0.15) is 0 Å². The van der Waals surface area contributed by atoms with Crippen LogP contribution in [0.1, 0.15) is 0 Å². The van der Waals surface area contributed by atoms with Crippen molar-refractivity contribution in [3.63, 3.8) is 0 Å². The first-order chi connectivity index (χ1) is 6.93. The van der Waals surface area contributed by atoms with Gasteiger partial charge in [0.25, 0.3) is 0 Å². The first-order valence-electron chi connectivity index (χ1n) is 2.19. The van der Waals surface area contributed by atoms with E-state index in [1.165, 1.54) is 0 Å². The van der Waals surface area contributed by atoms with Gasteiger partial charge in [-0.05, 0) is 0 Å². The molecule has 0 aromatic rings. The van der Waals surface area contributed by atoms with E-state index in [0.29, 0.717) is 0 Å². The van der Waals surface area contributed by atoms with Crippen molar-refractivity contribution in [3.05, 3.63) is 61.3 Å². The zero-order chi connectivity index (χ0) is 14.3. The van der Waals surface area contributed by atoms with Gasteiger partial charge in [0.2, 0.25) is 0 Å². The van der Waals surface area contributed by atoms with Crippen LogP contribution >= 0.6 is 0 Å². The van der Waals surface area contributed by atoms with Crippen molar-refractivity contribution in [1.82, 2.24) is 0 Å². The molecule has 0 heterocycles. The van der Waals surface area contributed by atoms with E-state index in [2.05, 4.69) is 0 Å². The summed E-state index contributed by atoms with van der Waals surface area (Å²) < 4.78 is 0. The predicted octanol–water partition coefficient (Wildman–Crippen LogP) is -4.63. The quantitative estimate of drug-likeness (QED) is 0.125. The van der Waals surface area contributed by atoms with Crippen LogP contribution in [0.3, 0.4) is 0 Å². The third-order valence-electron chi connectivity index (χ3n) is 0. The molecule has 26 nitrogen and oxygen atoms in total. The summed E-state index contributed by atoms with van der Waals surface area (Å²) in [4.78, 5) is 33.0. The van der Waals surface area contributed by atoms with Crippen LogP contribution < -0.4 is 0 Å². The van der Waals surface area contributed by atoms with Gasteiger partial charge < -0.3 is 116 Å². The van der Waals surface area contributed by atoms with Crippen molar-refractivity contribution in [2.45, 2.75) is 0 Å². The average Bonchev–Trinajstić information content (AvgIpc) is 1.76. The van der Waals surface area contributed by atoms with Crippen LogP contribution in [-0.4, -0.2) is 206 Å². The molecule has 0 fully saturated rings. The number of hydrogen-bond donors (Lipinski definition) is 0. The molecule has 0 aliphatic heterocycles. The molecule has 0 bridgehead atoms. The molecule has 0 rings (SSSR count). The number of rotatable bonds is 0. The van der Waals surface area contributed by atoms with Gasteiger partial charge >= 0.3 is 26.2 Å². The number of hydrogen-bond acceptors (Lipinski definition) is 22. The minimum atomic E-state index is -1.75. The Morgan fingerprint density at radius 3 is 0.290 bits per heavy atom. The Bertz CT molecular complexity index is 176. The molecular weight excluding hydrogens is 1450 g/mol. The molecule has 0 saturated heterocycles. The van der Waals surface area contributed by atoms with Gasteiger partial charge in [-0.3, -0.25) is 0 Å². The van der Waals surface area contributed by atoms with Crippen molar-refractivity contribution in [2.75, 3.05) is 0 Å². The largest absolute Gasteiger partial charge is 2.00 e. The average molecular weight is 1460 g/mol. The summed E-state index contributed by atoms with van der Waals surface area (Å²) in [5.74, 6) is 0. The predicted molar refractivity (Wildman–Crippen MR) is 89.6 cm³/mol. The van der Waals surface area contributed by atoms with Crippen LogP contribution in [0.5, 0.6) is 0 Å². The van der Waals surface area contributed by atoms with Crippen LogP contribution in [0, 0.1) is 61.3 Å². The molecule has 0 unspecified atom stereocenters. The van der Waals surface area contributed by atoms with Crippen LogP contribution in [-0.2, 0) is 0 Å². The van der Waals surface area contributed by atoms with E-state index in [4.69, 9.17) is 61.3 Å². The summed E-state index contributed by atoms with van der Waals surface area (Å²) in [6.45, 7) is 0. The smallest absolute Gasteiger partial charge is 0.870 e. The molecule has 31 heteroatoms. The second kappa shape index (κ2) is 167. The Kier molecular flexibility index (Phi) is 990. The standard InChI is InChI=1S/5Bi.4NO3.10H2O/c;;;;;4*2-1(3)4;;;;;;;;;;/h;;;;;;;;;10*1H2/q;;;;+2;4*-1;;;;;;;;;;/p-10. The minimum absolute atomic E-state index is 0. The maximum absolute atomic E-state index is 8.25. The fourth-order valence-electron chi connectivity index (χ4n) is 0. The first-order valence-corrected chi connectivity index (χ1v) is 2.19. The van der Waals surface area contributed by atoms with E-state index in [1.807, 2.05) is 0 Å². The molecule has 10 N–H and O–H groups in total. The van der Waals surface area contributed by atoms with Gasteiger partial charge in [-0.25, -0.2) is 0 Å². The van der Waals surface area contributed by atoms with Crippen molar-refractivity contribution in [1.29, 1.82) is 0 Å². The van der Waals surface area contributed by atoms with Gasteiger partial charge in [0, 0.05) is 105 Å². The summed E-state index contributed by atoms with van der Waals surface area (Å²) in [7, 11) is 0. The molecule has 0 aromatic carbocycles. The summed E-state index contributed by atoms with van der Waals surface area (Å²) in [6, 6.07) is 0. The molecule has 0 saturated carbocycles. The second-order valence-corrected chi connectivity index (χ2v) is 0.894. The molecule has 31 heavy (non-hydrogen) atoms. The molecular formula is H10Bi5N4O22-12. The molecule has 199 valence electrons. The molecule has 0 aliphatic carbocycles. The van der Waals surface area contributed by atoms with Gasteiger partial charge in [0.05, 0.1) is 20.3 Å². The Morgan fingerprint density at radius 1 is 0.290 bits per heavy atom. The summed E-state index contributed by atoms with van der Waals surface area (Å²) in [6.07, 6.45) is 0. The third-order valence-corrected chi connectivity index (χ3v) is 0. The molecule has 0 aromatic heterocycles. The first kappa shape index (κ1) is 184. The summed E-state index contributed by atoms with van der Waals surface area (Å²) >= 11 is 0. The summed E-state index contributed by atoms with van der Waals surface area (Å²) in [5, 5.41) is 59.0. The van der Waals surface area contributed by atoms with E-state index >= 15 is 0 Å². The normalized spacial score (nSPS) is 3.10. The Balaban J connectivity index is -0.00000000314. The molecule has 0 amide bonds. The monoisotopic (exact) mass is 1460 g/mol.